The van der Waals surface area contributed by atoms with Crippen LogP contribution in [0.15, 0.2) is 82.2 Å². The van der Waals surface area contributed by atoms with Gasteiger partial charge in [-0.1, -0.05) is 45.8 Å². The van der Waals surface area contributed by atoms with Crippen LogP contribution in [0.25, 0.3) is 10.9 Å². The van der Waals surface area contributed by atoms with Gasteiger partial charge in [0.2, 0.25) is 0 Å². The highest BCUT2D eigenvalue weighted by Gasteiger charge is 2.31. The number of alkyl halides is 3. The van der Waals surface area contributed by atoms with Gasteiger partial charge in [0.25, 0.3) is 10.0 Å². The number of benzene rings is 3. The van der Waals surface area contributed by atoms with E-state index in [0.29, 0.717) is 15.4 Å². The van der Waals surface area contributed by atoms with Crippen LogP contribution in [-0.4, -0.2) is 17.5 Å². The zero-order valence-corrected chi connectivity index (χ0v) is 19.0. The largest absolute Gasteiger partial charge is 0.416 e. The summed E-state index contributed by atoms with van der Waals surface area (Å²) < 4.78 is 67.6. The molecule has 32 heavy (non-hydrogen) atoms. The van der Waals surface area contributed by atoms with E-state index in [4.69, 9.17) is 0 Å². The molecule has 0 aliphatic rings. The summed E-state index contributed by atoms with van der Waals surface area (Å²) in [5, 5.41) is 11.6. The van der Waals surface area contributed by atoms with Gasteiger partial charge in [-0.2, -0.15) is 13.2 Å². The zero-order valence-electron chi connectivity index (χ0n) is 16.6. The van der Waals surface area contributed by atoms with Crippen molar-refractivity contribution in [1.82, 2.24) is 3.97 Å². The van der Waals surface area contributed by atoms with Gasteiger partial charge in [-0.05, 0) is 61.0 Å². The number of halogens is 4. The molecule has 1 atom stereocenters. The molecule has 1 unspecified atom stereocenters. The summed E-state index contributed by atoms with van der Waals surface area (Å²) >= 11 is 3.35. The number of aryl methyl sites for hydroxylation is 1. The van der Waals surface area contributed by atoms with Crippen molar-refractivity contribution in [2.75, 3.05) is 0 Å². The lowest BCUT2D eigenvalue weighted by Crippen LogP contribution is -2.18. The van der Waals surface area contributed by atoms with Crippen LogP contribution in [0.3, 0.4) is 0 Å². The fraction of sp³-hybridized carbons (Fsp3) is 0.130. The van der Waals surface area contributed by atoms with Crippen molar-refractivity contribution < 1.29 is 26.7 Å². The fourth-order valence-electron chi connectivity index (χ4n) is 3.48. The van der Waals surface area contributed by atoms with Gasteiger partial charge < -0.3 is 5.11 Å². The molecule has 0 spiro atoms. The van der Waals surface area contributed by atoms with Crippen LogP contribution < -0.4 is 0 Å². The van der Waals surface area contributed by atoms with Gasteiger partial charge in [0, 0.05) is 9.86 Å². The van der Waals surface area contributed by atoms with Gasteiger partial charge in [-0.15, -0.1) is 0 Å². The van der Waals surface area contributed by atoms with Gasteiger partial charge in [0.05, 0.1) is 21.7 Å². The molecular weight excluding hydrogens is 507 g/mol. The molecule has 9 heteroatoms. The molecule has 4 nitrogen and oxygen atoms in total. The fourth-order valence-corrected chi connectivity index (χ4v) is 5.41. The summed E-state index contributed by atoms with van der Waals surface area (Å²) in [4.78, 5) is 0.0318. The molecule has 4 rings (SSSR count). The van der Waals surface area contributed by atoms with Crippen LogP contribution in [0.5, 0.6) is 0 Å². The summed E-state index contributed by atoms with van der Waals surface area (Å²) in [6, 6.07) is 16.8. The number of fused-ring (bicyclic) bond motifs is 1. The van der Waals surface area contributed by atoms with Crippen LogP contribution in [0.4, 0.5) is 13.2 Å². The first-order valence-electron chi connectivity index (χ1n) is 9.47. The minimum atomic E-state index is -4.51. The monoisotopic (exact) mass is 523 g/mol. The Morgan fingerprint density at radius 2 is 1.56 bits per heavy atom. The Kier molecular flexibility index (Phi) is 5.68. The summed E-state index contributed by atoms with van der Waals surface area (Å²) in [5.74, 6) is 0. The topological polar surface area (TPSA) is 59.3 Å². The van der Waals surface area contributed by atoms with E-state index in [9.17, 15) is 26.7 Å². The standard InChI is InChI=1S/C23H17BrF3NO3S/c1-14-2-9-19(10-3-14)32(30,31)28-20-11-8-18(24)12-16(20)13-21(28)22(29)15-4-6-17(7-5-15)23(25,26)27/h2-13,22,29H,1H3. The second-order valence-corrected chi connectivity index (χ2v) is 10.1. The van der Waals surface area contributed by atoms with Crippen molar-refractivity contribution in [2.24, 2.45) is 0 Å². The Hall–Kier alpha value is -2.62. The normalized spacial score (nSPS) is 13.4. The molecule has 0 amide bonds. The van der Waals surface area contributed by atoms with Gasteiger partial charge in [0.1, 0.15) is 6.10 Å². The van der Waals surface area contributed by atoms with Gasteiger partial charge in [0.15, 0.2) is 0 Å². The molecule has 0 aliphatic carbocycles. The van der Waals surface area contributed by atoms with E-state index in [2.05, 4.69) is 15.9 Å². The predicted molar refractivity (Wildman–Crippen MR) is 119 cm³/mol. The number of hydrogen-bond acceptors (Lipinski definition) is 3. The first-order valence-corrected chi connectivity index (χ1v) is 11.7. The van der Waals surface area contributed by atoms with Crippen molar-refractivity contribution in [1.29, 1.82) is 0 Å². The molecule has 0 saturated carbocycles. The van der Waals surface area contributed by atoms with Crippen molar-refractivity contribution in [3.05, 3.63) is 99.7 Å². The Morgan fingerprint density at radius 1 is 0.938 bits per heavy atom. The molecular formula is C23H17BrF3NO3S. The highest BCUT2D eigenvalue weighted by Crippen LogP contribution is 2.35. The third kappa shape index (κ3) is 4.07. The zero-order chi connectivity index (χ0) is 23.3. The molecule has 1 N–H and O–H groups in total. The molecule has 0 aliphatic heterocycles. The van der Waals surface area contributed by atoms with Gasteiger partial charge >= 0.3 is 6.18 Å². The molecule has 0 saturated heterocycles. The minimum absolute atomic E-state index is 0.0263. The molecule has 166 valence electrons. The third-order valence-corrected chi connectivity index (χ3v) is 7.39. The van der Waals surface area contributed by atoms with E-state index in [0.717, 1.165) is 33.8 Å². The Morgan fingerprint density at radius 3 is 2.16 bits per heavy atom. The third-order valence-electron chi connectivity index (χ3n) is 5.14. The van der Waals surface area contributed by atoms with Crippen LogP contribution >= 0.6 is 15.9 Å². The van der Waals surface area contributed by atoms with Gasteiger partial charge in [-0.3, -0.25) is 0 Å². The summed E-state index contributed by atoms with van der Waals surface area (Å²) in [7, 11) is -4.11. The average Bonchev–Trinajstić information content (AvgIpc) is 3.12. The van der Waals surface area contributed by atoms with Crippen LogP contribution in [-0.2, 0) is 16.2 Å². The van der Waals surface area contributed by atoms with Crippen molar-refractivity contribution in [3.63, 3.8) is 0 Å². The molecule has 0 bridgehead atoms. The maximum Gasteiger partial charge on any atom is 0.416 e. The number of hydrogen-bond donors (Lipinski definition) is 1. The Bertz CT molecular complexity index is 1390. The van der Waals surface area contributed by atoms with E-state index in [1.807, 2.05) is 6.92 Å². The Balaban J connectivity index is 1.90. The molecule has 0 fully saturated rings. The highest BCUT2D eigenvalue weighted by atomic mass is 79.9. The van der Waals surface area contributed by atoms with Crippen molar-refractivity contribution in [3.8, 4) is 0 Å². The van der Waals surface area contributed by atoms with E-state index in [-0.39, 0.29) is 16.2 Å². The van der Waals surface area contributed by atoms with E-state index in [1.54, 1.807) is 30.3 Å². The van der Waals surface area contributed by atoms with Crippen LogP contribution in [0.1, 0.15) is 28.5 Å². The number of aliphatic hydroxyl groups is 1. The number of nitrogens with zero attached hydrogens (tertiary/aromatic N) is 1. The number of aromatic nitrogens is 1. The van der Waals surface area contributed by atoms with Crippen molar-refractivity contribution >= 4 is 36.9 Å². The highest BCUT2D eigenvalue weighted by molar-refractivity contribution is 9.10. The molecule has 1 heterocycles. The second-order valence-electron chi connectivity index (χ2n) is 7.38. The van der Waals surface area contributed by atoms with Crippen molar-refractivity contribution in [2.45, 2.75) is 24.1 Å². The number of rotatable bonds is 4. The lowest BCUT2D eigenvalue weighted by Gasteiger charge is -2.17. The summed E-state index contributed by atoms with van der Waals surface area (Å²) in [5.41, 5.74) is 0.536. The molecule has 1 aromatic heterocycles. The SMILES string of the molecule is Cc1ccc(S(=O)(=O)n2c(C(O)c3ccc(C(F)(F)F)cc3)cc3cc(Br)ccc32)cc1. The van der Waals surface area contributed by atoms with E-state index in [1.165, 1.54) is 18.2 Å². The quantitative estimate of drug-likeness (QED) is 0.354. The number of aliphatic hydroxyl groups excluding tert-OH is 1. The summed E-state index contributed by atoms with van der Waals surface area (Å²) in [6.07, 6.45) is -5.98. The Labute approximate surface area is 191 Å². The maximum absolute atomic E-state index is 13.5. The maximum atomic E-state index is 13.5. The summed E-state index contributed by atoms with van der Waals surface area (Å²) in [6.45, 7) is 1.83. The predicted octanol–water partition coefficient (Wildman–Crippen LogP) is 6.05. The van der Waals surface area contributed by atoms with E-state index < -0.39 is 27.9 Å². The smallest absolute Gasteiger partial charge is 0.382 e. The first-order chi connectivity index (χ1) is 15.0. The van der Waals surface area contributed by atoms with Gasteiger partial charge in [-0.25, -0.2) is 12.4 Å². The molecule has 0 radical (unpaired) electrons. The molecule has 4 aromatic rings. The van der Waals surface area contributed by atoms with E-state index >= 15 is 0 Å². The molecule has 3 aromatic carbocycles. The van der Waals surface area contributed by atoms with Crippen LogP contribution in [0.2, 0.25) is 0 Å². The average molecular weight is 524 g/mol. The first kappa shape index (κ1) is 22.6. The lowest BCUT2D eigenvalue weighted by molar-refractivity contribution is -0.137. The lowest BCUT2D eigenvalue weighted by atomic mass is 10.0. The second kappa shape index (κ2) is 8.06. The minimum Gasteiger partial charge on any atom is -0.382 e. The van der Waals surface area contributed by atoms with Crippen LogP contribution in [0, 0.1) is 6.92 Å².